The summed E-state index contributed by atoms with van der Waals surface area (Å²) in [7, 11) is 0. The summed E-state index contributed by atoms with van der Waals surface area (Å²) in [4.78, 5) is 21.5. The van der Waals surface area contributed by atoms with Gasteiger partial charge in [-0.25, -0.2) is 0 Å². The first-order valence-corrected chi connectivity index (χ1v) is 12.4. The maximum Gasteiger partial charge on any atom is 0.255 e. The minimum Gasteiger partial charge on any atom is -0.375 e. The predicted octanol–water partition coefficient (Wildman–Crippen LogP) is 6.56. The molecule has 0 fully saturated rings. The number of nitrogens with one attached hydrogen (secondary N) is 3. The summed E-state index contributed by atoms with van der Waals surface area (Å²) in [6.07, 6.45) is 16.1. The van der Waals surface area contributed by atoms with Gasteiger partial charge in [-0.3, -0.25) is 14.8 Å². The van der Waals surface area contributed by atoms with Gasteiger partial charge in [0.1, 0.15) is 0 Å². The highest BCUT2D eigenvalue weighted by Gasteiger charge is 2.13. The molecule has 0 aliphatic heterocycles. The van der Waals surface area contributed by atoms with Gasteiger partial charge in [0, 0.05) is 52.3 Å². The normalized spacial score (nSPS) is 13.0. The number of pyridine rings is 2. The lowest BCUT2D eigenvalue weighted by Gasteiger charge is -2.17. The lowest BCUT2D eigenvalue weighted by molar-refractivity contribution is -0.116. The second-order valence-electron chi connectivity index (χ2n) is 8.58. The highest BCUT2D eigenvalue weighted by atomic mass is 16.1. The van der Waals surface area contributed by atoms with E-state index in [2.05, 4.69) is 45.1 Å². The van der Waals surface area contributed by atoms with Gasteiger partial charge in [-0.1, -0.05) is 30.9 Å². The van der Waals surface area contributed by atoms with Gasteiger partial charge in [0.25, 0.3) is 5.91 Å². The molecule has 0 spiro atoms. The quantitative estimate of drug-likeness (QED) is 0.151. The van der Waals surface area contributed by atoms with Crippen LogP contribution in [0.5, 0.6) is 0 Å². The molecule has 0 bridgehead atoms. The number of benzene rings is 1. The Hall–Kier alpha value is -5.22. The molecule has 1 aromatic carbocycles. The van der Waals surface area contributed by atoms with Gasteiger partial charge in [-0.05, 0) is 74.9 Å². The zero-order valence-corrected chi connectivity index (χ0v) is 22.4. The highest BCUT2D eigenvalue weighted by Crippen LogP contribution is 2.24. The number of anilines is 2. The molecule has 2 heterocycles. The third kappa shape index (κ3) is 7.88. The Morgan fingerprint density at radius 2 is 1.85 bits per heavy atom. The van der Waals surface area contributed by atoms with E-state index >= 15 is 0 Å². The molecule has 39 heavy (non-hydrogen) atoms. The molecule has 7 heteroatoms. The van der Waals surface area contributed by atoms with Crippen molar-refractivity contribution >= 4 is 28.2 Å². The van der Waals surface area contributed by atoms with E-state index in [0.29, 0.717) is 16.8 Å². The van der Waals surface area contributed by atoms with Gasteiger partial charge in [0.2, 0.25) is 0 Å². The van der Waals surface area contributed by atoms with Crippen LogP contribution in [0, 0.1) is 11.3 Å². The molecular formula is C32H32N6O. The molecule has 0 radical (unpaired) electrons. The molecule has 3 aromatic rings. The minimum atomic E-state index is -0.274. The number of carbonyl (C=O) groups excluding carboxylic acids is 1. The van der Waals surface area contributed by atoms with Crippen LogP contribution in [-0.4, -0.2) is 21.9 Å². The molecule has 0 saturated carbocycles. The third-order valence-electron chi connectivity index (χ3n) is 5.85. The van der Waals surface area contributed by atoms with Gasteiger partial charge < -0.3 is 16.0 Å². The fraction of sp³-hybridized carbons (Fsp3) is 0.125. The maximum atomic E-state index is 13.1. The van der Waals surface area contributed by atoms with E-state index in [-0.39, 0.29) is 11.9 Å². The van der Waals surface area contributed by atoms with Gasteiger partial charge in [0.15, 0.2) is 0 Å². The second kappa shape index (κ2) is 13.9. The Morgan fingerprint density at radius 1 is 1.08 bits per heavy atom. The Bertz CT molecular complexity index is 1520. The van der Waals surface area contributed by atoms with Crippen LogP contribution in [0.2, 0.25) is 0 Å². The van der Waals surface area contributed by atoms with Gasteiger partial charge in [-0.2, -0.15) is 5.26 Å². The number of hydrogen-bond acceptors (Lipinski definition) is 6. The van der Waals surface area contributed by atoms with Crippen molar-refractivity contribution in [2.24, 2.45) is 0 Å². The number of aromatic nitrogens is 2. The topological polar surface area (TPSA) is 103 Å². The second-order valence-corrected chi connectivity index (χ2v) is 8.58. The monoisotopic (exact) mass is 516 g/mol. The number of nitrogens with zero attached hydrogens (tertiary/aromatic N) is 3. The third-order valence-corrected chi connectivity index (χ3v) is 5.85. The first-order chi connectivity index (χ1) is 18.9. The van der Waals surface area contributed by atoms with Crippen molar-refractivity contribution in [3.05, 3.63) is 133 Å². The van der Waals surface area contributed by atoms with E-state index in [9.17, 15) is 10.1 Å². The fourth-order valence-electron chi connectivity index (χ4n) is 3.84. The molecule has 2 aromatic heterocycles. The van der Waals surface area contributed by atoms with Crippen molar-refractivity contribution in [2.45, 2.75) is 26.8 Å². The smallest absolute Gasteiger partial charge is 0.255 e. The summed E-state index contributed by atoms with van der Waals surface area (Å²) in [5.74, 6) is -0.263. The van der Waals surface area contributed by atoms with Crippen LogP contribution < -0.4 is 16.0 Å². The lowest BCUT2D eigenvalue weighted by Crippen LogP contribution is -2.24. The van der Waals surface area contributed by atoms with Crippen molar-refractivity contribution in [3.8, 4) is 6.07 Å². The molecule has 1 atom stereocenters. The molecule has 1 unspecified atom stereocenters. The van der Waals surface area contributed by atoms with E-state index in [1.165, 1.54) is 0 Å². The van der Waals surface area contributed by atoms with Crippen LogP contribution in [0.1, 0.15) is 26.3 Å². The van der Waals surface area contributed by atoms with Gasteiger partial charge >= 0.3 is 0 Å². The number of amides is 1. The van der Waals surface area contributed by atoms with E-state index in [1.54, 1.807) is 49.0 Å². The number of nitriles is 1. The largest absolute Gasteiger partial charge is 0.375 e. The summed E-state index contributed by atoms with van der Waals surface area (Å²) in [5.41, 5.74) is 5.65. The fourth-order valence-corrected chi connectivity index (χ4v) is 3.84. The average molecular weight is 517 g/mol. The van der Waals surface area contributed by atoms with Crippen LogP contribution in [0.25, 0.3) is 10.9 Å². The standard InChI is InChI=1S/C32H32N6O/c1-6-25(37-27-13-16-34-17-14-27)11-9-23(5)36-32(39)28(8-3)22(4)19-26(7-2)38-31-15-18-35-30-12-10-24(21-33)20-29(30)31/h6-20,26H,2,5H2,1,3-4H3,(H,34,37)(H,35,38)(H,36,39)/b11-9-,22-19-,25-6+,28-8+. The van der Waals surface area contributed by atoms with E-state index in [0.717, 1.165) is 33.5 Å². The predicted molar refractivity (Wildman–Crippen MR) is 160 cm³/mol. The molecule has 3 N–H and O–H groups in total. The van der Waals surface area contributed by atoms with E-state index in [1.807, 2.05) is 63.3 Å². The molecule has 3 rings (SSSR count). The van der Waals surface area contributed by atoms with Crippen LogP contribution in [-0.2, 0) is 4.79 Å². The van der Waals surface area contributed by atoms with Crippen LogP contribution in [0.4, 0.5) is 11.4 Å². The Kier molecular flexibility index (Phi) is 10.1. The molecular weight excluding hydrogens is 484 g/mol. The van der Waals surface area contributed by atoms with Crippen molar-refractivity contribution in [1.29, 1.82) is 5.26 Å². The molecule has 7 nitrogen and oxygen atoms in total. The Labute approximate surface area is 229 Å². The Morgan fingerprint density at radius 3 is 2.51 bits per heavy atom. The summed E-state index contributed by atoms with van der Waals surface area (Å²) < 4.78 is 0. The van der Waals surface area contributed by atoms with Gasteiger partial charge in [0.05, 0.1) is 23.2 Å². The average Bonchev–Trinajstić information content (AvgIpc) is 2.95. The molecule has 0 saturated heterocycles. The van der Waals surface area contributed by atoms with Crippen LogP contribution in [0.15, 0.2) is 127 Å². The zero-order valence-electron chi connectivity index (χ0n) is 22.4. The summed E-state index contributed by atoms with van der Waals surface area (Å²) in [6.45, 7) is 13.5. The summed E-state index contributed by atoms with van der Waals surface area (Å²) >= 11 is 0. The van der Waals surface area contributed by atoms with Crippen molar-refractivity contribution in [1.82, 2.24) is 15.3 Å². The minimum absolute atomic E-state index is 0.263. The maximum absolute atomic E-state index is 13.1. The molecule has 196 valence electrons. The van der Waals surface area contributed by atoms with Gasteiger partial charge in [-0.15, -0.1) is 6.58 Å². The highest BCUT2D eigenvalue weighted by molar-refractivity contribution is 5.99. The van der Waals surface area contributed by atoms with E-state index < -0.39 is 0 Å². The number of rotatable bonds is 11. The summed E-state index contributed by atoms with van der Waals surface area (Å²) in [6, 6.07) is 12.8. The number of carbonyl (C=O) groups is 1. The van der Waals surface area contributed by atoms with E-state index in [4.69, 9.17) is 0 Å². The van der Waals surface area contributed by atoms with Crippen molar-refractivity contribution < 1.29 is 4.79 Å². The Balaban J connectivity index is 1.69. The summed E-state index contributed by atoms with van der Waals surface area (Å²) in [5, 5.41) is 19.7. The number of fused-ring (bicyclic) bond motifs is 1. The molecule has 1 amide bonds. The van der Waals surface area contributed by atoms with Crippen LogP contribution in [0.3, 0.4) is 0 Å². The zero-order chi connectivity index (χ0) is 28.2. The van der Waals surface area contributed by atoms with Crippen molar-refractivity contribution in [3.63, 3.8) is 0 Å². The SMILES string of the molecule is C=CC(/C=C(C)\C(=C/C)C(=O)NC(=C)/C=C\C(=C/C)Nc1ccncc1)Nc1ccnc2ccc(C#N)cc12. The first kappa shape index (κ1) is 28.4. The molecule has 0 aliphatic rings. The van der Waals surface area contributed by atoms with Crippen molar-refractivity contribution in [2.75, 3.05) is 10.6 Å². The lowest BCUT2D eigenvalue weighted by atomic mass is 10.0. The molecule has 0 aliphatic carbocycles. The number of allylic oxidation sites excluding steroid dienone is 4. The van der Waals surface area contributed by atoms with Crippen LogP contribution >= 0.6 is 0 Å². The number of hydrogen-bond donors (Lipinski definition) is 3. The first-order valence-electron chi connectivity index (χ1n) is 12.4.